The van der Waals surface area contributed by atoms with Crippen LogP contribution >= 0.6 is 0 Å². The summed E-state index contributed by atoms with van der Waals surface area (Å²) < 4.78 is 0. The Labute approximate surface area is 72.0 Å². The molecule has 0 unspecified atom stereocenters. The van der Waals surface area contributed by atoms with Gasteiger partial charge in [0.25, 0.3) is 0 Å². The highest BCUT2D eigenvalue weighted by molar-refractivity contribution is 6.60. The van der Waals surface area contributed by atoms with Crippen LogP contribution in [-0.2, 0) is 6.42 Å². The van der Waals surface area contributed by atoms with Gasteiger partial charge in [-0.05, 0) is 12.0 Å². The minimum Gasteiger partial charge on any atom is -0.423 e. The van der Waals surface area contributed by atoms with E-state index < -0.39 is 7.12 Å². The van der Waals surface area contributed by atoms with Crippen molar-refractivity contribution in [3.63, 3.8) is 0 Å². The Morgan fingerprint density at radius 3 is 2.58 bits per heavy atom. The van der Waals surface area contributed by atoms with Crippen molar-refractivity contribution in [1.82, 2.24) is 0 Å². The lowest BCUT2D eigenvalue weighted by Gasteiger charge is -2.07. The van der Waals surface area contributed by atoms with Crippen LogP contribution in [-0.4, -0.2) is 17.2 Å². The quantitative estimate of drug-likeness (QED) is 0.409. The second-order valence-electron chi connectivity index (χ2n) is 2.65. The molecule has 0 bridgehead atoms. The molecule has 0 radical (unpaired) electrons. The predicted molar refractivity (Wildman–Crippen MR) is 50.1 cm³/mol. The third-order valence-corrected chi connectivity index (χ3v) is 1.89. The van der Waals surface area contributed by atoms with Crippen LogP contribution in [0.3, 0.4) is 0 Å². The summed E-state index contributed by atoms with van der Waals surface area (Å²) in [7, 11) is -1.48. The van der Waals surface area contributed by atoms with Gasteiger partial charge >= 0.3 is 7.12 Å². The summed E-state index contributed by atoms with van der Waals surface area (Å²) in [5.41, 5.74) is 7.48. The van der Waals surface area contributed by atoms with E-state index in [1.807, 2.05) is 13.0 Å². The van der Waals surface area contributed by atoms with Gasteiger partial charge in [-0.2, -0.15) is 0 Å². The van der Waals surface area contributed by atoms with Crippen molar-refractivity contribution < 1.29 is 10.0 Å². The van der Waals surface area contributed by atoms with Gasteiger partial charge in [-0.3, -0.25) is 0 Å². The van der Waals surface area contributed by atoms with Crippen molar-refractivity contribution in [2.75, 3.05) is 5.73 Å². The molecular formula is C8H12BNO2. The second-order valence-corrected chi connectivity index (χ2v) is 2.65. The van der Waals surface area contributed by atoms with Crippen molar-refractivity contribution in [2.24, 2.45) is 0 Å². The molecule has 3 nitrogen and oxygen atoms in total. The van der Waals surface area contributed by atoms with Crippen molar-refractivity contribution in [3.05, 3.63) is 23.8 Å². The summed E-state index contributed by atoms with van der Waals surface area (Å²) in [6, 6.07) is 5.25. The lowest BCUT2D eigenvalue weighted by molar-refractivity contribution is 0.426. The van der Waals surface area contributed by atoms with E-state index in [1.165, 1.54) is 0 Å². The largest absolute Gasteiger partial charge is 0.490 e. The first-order chi connectivity index (χ1) is 5.66. The number of rotatable bonds is 2. The van der Waals surface area contributed by atoms with Crippen LogP contribution in [0.5, 0.6) is 0 Å². The van der Waals surface area contributed by atoms with E-state index in [2.05, 4.69) is 0 Å². The summed E-state index contributed by atoms with van der Waals surface area (Å²) in [6.45, 7) is 1.97. The van der Waals surface area contributed by atoms with E-state index in [4.69, 9.17) is 15.8 Å². The standard InChI is InChI=1S/C8H12BNO2/c1-2-6-4-3-5-7(8(6)10)9(11)12/h3-5,11-12H,2,10H2,1H3. The first-order valence-electron chi connectivity index (χ1n) is 3.90. The minimum atomic E-state index is -1.48. The maximum absolute atomic E-state index is 8.90. The van der Waals surface area contributed by atoms with Crippen molar-refractivity contribution in [2.45, 2.75) is 13.3 Å². The van der Waals surface area contributed by atoms with Crippen molar-refractivity contribution in [1.29, 1.82) is 0 Å². The average Bonchev–Trinajstić information content (AvgIpc) is 2.04. The lowest BCUT2D eigenvalue weighted by Crippen LogP contribution is -2.32. The molecule has 0 aliphatic carbocycles. The molecule has 12 heavy (non-hydrogen) atoms. The Morgan fingerprint density at radius 1 is 1.42 bits per heavy atom. The maximum atomic E-state index is 8.90. The van der Waals surface area contributed by atoms with Gasteiger partial charge in [-0.25, -0.2) is 0 Å². The predicted octanol–water partition coefficient (Wildman–Crippen LogP) is -0.489. The second kappa shape index (κ2) is 3.60. The third kappa shape index (κ3) is 1.60. The SMILES string of the molecule is CCc1cccc(B(O)O)c1N. The fourth-order valence-electron chi connectivity index (χ4n) is 1.17. The number of hydrogen-bond acceptors (Lipinski definition) is 3. The molecule has 1 aromatic rings. The smallest absolute Gasteiger partial charge is 0.423 e. The number of aryl methyl sites for hydroxylation is 1. The Morgan fingerprint density at radius 2 is 2.08 bits per heavy atom. The van der Waals surface area contributed by atoms with E-state index in [9.17, 15) is 0 Å². The van der Waals surface area contributed by atoms with Crippen LogP contribution in [0.4, 0.5) is 5.69 Å². The molecule has 0 aromatic heterocycles. The molecule has 0 fully saturated rings. The molecular weight excluding hydrogens is 153 g/mol. The zero-order valence-corrected chi connectivity index (χ0v) is 6.99. The molecule has 0 aliphatic rings. The Balaban J connectivity index is 3.14. The highest BCUT2D eigenvalue weighted by Crippen LogP contribution is 2.08. The first-order valence-corrected chi connectivity index (χ1v) is 3.90. The average molecular weight is 165 g/mol. The van der Waals surface area contributed by atoms with Crippen LogP contribution < -0.4 is 11.2 Å². The maximum Gasteiger partial charge on any atom is 0.490 e. The van der Waals surface area contributed by atoms with Crippen molar-refractivity contribution >= 4 is 18.3 Å². The van der Waals surface area contributed by atoms with E-state index in [0.29, 0.717) is 11.2 Å². The van der Waals surface area contributed by atoms with Gasteiger partial charge in [0.15, 0.2) is 0 Å². The molecule has 64 valence electrons. The summed E-state index contributed by atoms with van der Waals surface area (Å²) in [4.78, 5) is 0. The van der Waals surface area contributed by atoms with Crippen LogP contribution in [0.15, 0.2) is 18.2 Å². The molecule has 1 aromatic carbocycles. The minimum absolute atomic E-state index is 0.384. The van der Waals surface area contributed by atoms with Gasteiger partial charge in [-0.15, -0.1) is 0 Å². The fourth-order valence-corrected chi connectivity index (χ4v) is 1.17. The molecule has 0 aliphatic heterocycles. The first kappa shape index (κ1) is 9.10. The van der Waals surface area contributed by atoms with E-state index >= 15 is 0 Å². The fraction of sp³-hybridized carbons (Fsp3) is 0.250. The molecule has 0 heterocycles. The number of hydrogen-bond donors (Lipinski definition) is 3. The molecule has 0 saturated heterocycles. The number of nitrogens with two attached hydrogens (primary N) is 1. The molecule has 1 rings (SSSR count). The Kier molecular flexibility index (Phi) is 2.73. The third-order valence-electron chi connectivity index (χ3n) is 1.89. The zero-order chi connectivity index (χ0) is 9.14. The van der Waals surface area contributed by atoms with Gasteiger partial charge in [0.1, 0.15) is 0 Å². The van der Waals surface area contributed by atoms with Crippen LogP contribution in [0.1, 0.15) is 12.5 Å². The van der Waals surface area contributed by atoms with Gasteiger partial charge in [0.2, 0.25) is 0 Å². The van der Waals surface area contributed by atoms with Crippen LogP contribution in [0, 0.1) is 0 Å². The van der Waals surface area contributed by atoms with E-state index in [0.717, 1.165) is 12.0 Å². The van der Waals surface area contributed by atoms with Gasteiger partial charge in [-0.1, -0.05) is 25.1 Å². The molecule has 0 atom stereocenters. The van der Waals surface area contributed by atoms with Gasteiger partial charge in [0, 0.05) is 11.2 Å². The van der Waals surface area contributed by atoms with Gasteiger partial charge < -0.3 is 15.8 Å². The Bertz CT molecular complexity index is 276. The molecule has 0 amide bonds. The highest BCUT2D eigenvalue weighted by Gasteiger charge is 2.15. The van der Waals surface area contributed by atoms with E-state index in [1.54, 1.807) is 12.1 Å². The van der Waals surface area contributed by atoms with Gasteiger partial charge in [0.05, 0.1) is 0 Å². The van der Waals surface area contributed by atoms with E-state index in [-0.39, 0.29) is 0 Å². The monoisotopic (exact) mass is 165 g/mol. The number of benzene rings is 1. The molecule has 4 N–H and O–H groups in total. The van der Waals surface area contributed by atoms with Crippen LogP contribution in [0.25, 0.3) is 0 Å². The normalized spacial score (nSPS) is 9.92. The Hall–Kier alpha value is -0.995. The number of anilines is 1. The molecule has 0 spiro atoms. The molecule has 4 heteroatoms. The summed E-state index contributed by atoms with van der Waals surface area (Å²) >= 11 is 0. The molecule has 0 saturated carbocycles. The number of nitrogen functional groups attached to an aromatic ring is 1. The van der Waals surface area contributed by atoms with Crippen molar-refractivity contribution in [3.8, 4) is 0 Å². The van der Waals surface area contributed by atoms with Crippen LogP contribution in [0.2, 0.25) is 0 Å². The number of para-hydroxylation sites is 1. The summed E-state index contributed by atoms with van der Waals surface area (Å²) in [5, 5.41) is 17.8. The topological polar surface area (TPSA) is 66.5 Å². The summed E-state index contributed by atoms with van der Waals surface area (Å²) in [5.74, 6) is 0. The highest BCUT2D eigenvalue weighted by atomic mass is 16.4. The lowest BCUT2D eigenvalue weighted by atomic mass is 9.78. The zero-order valence-electron chi connectivity index (χ0n) is 6.99. The summed E-state index contributed by atoms with van der Waals surface area (Å²) in [6.07, 6.45) is 0.798.